The van der Waals surface area contributed by atoms with Crippen molar-refractivity contribution in [1.82, 2.24) is 0 Å². The van der Waals surface area contributed by atoms with Gasteiger partial charge in [0, 0.05) is 19.1 Å². The molecule has 0 aliphatic rings. The molecule has 0 unspecified atom stereocenters. The zero-order valence-corrected chi connectivity index (χ0v) is 19.9. The van der Waals surface area contributed by atoms with Crippen molar-refractivity contribution in [2.45, 2.75) is 52.6 Å². The van der Waals surface area contributed by atoms with E-state index in [2.05, 4.69) is 5.16 Å². The van der Waals surface area contributed by atoms with E-state index in [1.165, 1.54) is 6.08 Å². The number of hydrogen-bond acceptors (Lipinski definition) is 5. The van der Waals surface area contributed by atoms with E-state index in [9.17, 15) is 0 Å². The molecule has 0 aliphatic heterocycles. The van der Waals surface area contributed by atoms with Gasteiger partial charge in [0.1, 0.15) is 23.0 Å². The maximum absolute atomic E-state index is 6.24. The molecule has 0 radical (unpaired) electrons. The molecule has 1 rings (SSSR count). The van der Waals surface area contributed by atoms with Crippen LogP contribution in [0.1, 0.15) is 46.5 Å². The summed E-state index contributed by atoms with van der Waals surface area (Å²) >= 11 is 23.5. The summed E-state index contributed by atoms with van der Waals surface area (Å²) in [4.78, 5) is 5.11. The molecular formula is C20H27Cl4NO4. The SMILES string of the molecule is CC(=NOC(C)C)OCCCCCCOc1c(Cl)cc(OCC=C(Cl)Cl)cc1Cl. The highest BCUT2D eigenvalue weighted by Crippen LogP contribution is 2.37. The van der Waals surface area contributed by atoms with Crippen LogP contribution in [0.2, 0.25) is 10.0 Å². The molecule has 9 heteroatoms. The Balaban J connectivity index is 2.24. The van der Waals surface area contributed by atoms with Gasteiger partial charge in [-0.1, -0.05) is 51.6 Å². The predicted molar refractivity (Wildman–Crippen MR) is 121 cm³/mol. The van der Waals surface area contributed by atoms with Gasteiger partial charge in [0.25, 0.3) is 0 Å². The Bertz CT molecular complexity index is 653. The maximum Gasteiger partial charge on any atom is 0.222 e. The van der Waals surface area contributed by atoms with E-state index < -0.39 is 0 Å². The maximum atomic E-state index is 6.24. The third-order valence-corrected chi connectivity index (χ3v) is 4.32. The summed E-state index contributed by atoms with van der Waals surface area (Å²) in [7, 11) is 0. The topological polar surface area (TPSA) is 49.3 Å². The minimum Gasteiger partial charge on any atom is -0.490 e. The minimum atomic E-state index is 0.0476. The number of halogens is 4. The van der Waals surface area contributed by atoms with E-state index in [0.29, 0.717) is 40.7 Å². The number of rotatable bonds is 13. The van der Waals surface area contributed by atoms with Crippen molar-refractivity contribution in [1.29, 1.82) is 0 Å². The first-order valence-corrected chi connectivity index (χ1v) is 10.9. The highest BCUT2D eigenvalue weighted by molar-refractivity contribution is 6.55. The van der Waals surface area contributed by atoms with Crippen molar-refractivity contribution in [3.05, 3.63) is 32.7 Å². The number of nitrogens with zero attached hydrogens (tertiary/aromatic N) is 1. The summed E-state index contributed by atoms with van der Waals surface area (Å²) in [6.45, 7) is 6.96. The van der Waals surface area contributed by atoms with Gasteiger partial charge in [-0.25, -0.2) is 0 Å². The van der Waals surface area contributed by atoms with Crippen LogP contribution in [-0.2, 0) is 9.57 Å². The molecule has 0 aliphatic carbocycles. The standard InChI is InChI=1S/C20H27Cl4NO4/c1-14(2)29-25-15(3)26-9-6-4-5-7-10-28-20-17(21)12-16(13-18(20)22)27-11-8-19(23)24/h8,12-14H,4-7,9-11H2,1-3H3. The lowest BCUT2D eigenvalue weighted by Crippen LogP contribution is -2.05. The molecule has 0 saturated heterocycles. The van der Waals surface area contributed by atoms with E-state index in [1.54, 1.807) is 19.1 Å². The lowest BCUT2D eigenvalue weighted by atomic mass is 10.2. The van der Waals surface area contributed by atoms with Crippen molar-refractivity contribution < 1.29 is 19.0 Å². The molecule has 0 fully saturated rings. The van der Waals surface area contributed by atoms with Crippen molar-refractivity contribution in [3.8, 4) is 11.5 Å². The molecule has 0 saturated carbocycles. The van der Waals surface area contributed by atoms with E-state index in [1.807, 2.05) is 13.8 Å². The monoisotopic (exact) mass is 485 g/mol. The van der Waals surface area contributed by atoms with Crippen LogP contribution in [0.15, 0.2) is 27.9 Å². The fraction of sp³-hybridized carbons (Fsp3) is 0.550. The van der Waals surface area contributed by atoms with Crippen molar-refractivity contribution >= 4 is 52.3 Å². The molecule has 5 nitrogen and oxygen atoms in total. The molecule has 0 heterocycles. The van der Waals surface area contributed by atoms with Crippen LogP contribution < -0.4 is 9.47 Å². The fourth-order valence-corrected chi connectivity index (χ4v) is 2.82. The van der Waals surface area contributed by atoms with Gasteiger partial charge < -0.3 is 19.0 Å². The van der Waals surface area contributed by atoms with Crippen LogP contribution in [0.3, 0.4) is 0 Å². The highest BCUT2D eigenvalue weighted by atomic mass is 35.5. The minimum absolute atomic E-state index is 0.0476. The molecule has 0 atom stereocenters. The first kappa shape index (κ1) is 26.0. The predicted octanol–water partition coefficient (Wildman–Crippen LogP) is 7.41. The van der Waals surface area contributed by atoms with Crippen molar-refractivity contribution in [3.63, 3.8) is 0 Å². The molecular weight excluding hydrogens is 460 g/mol. The number of hydrogen-bond donors (Lipinski definition) is 0. The van der Waals surface area contributed by atoms with Gasteiger partial charge in [-0.2, -0.15) is 0 Å². The largest absolute Gasteiger partial charge is 0.490 e. The van der Waals surface area contributed by atoms with Crippen LogP contribution >= 0.6 is 46.4 Å². The molecule has 0 N–H and O–H groups in total. The van der Waals surface area contributed by atoms with Gasteiger partial charge in [-0.05, 0) is 45.6 Å². The van der Waals surface area contributed by atoms with E-state index in [0.717, 1.165) is 25.7 Å². The molecule has 1 aromatic rings. The first-order valence-electron chi connectivity index (χ1n) is 9.38. The number of unbranched alkanes of at least 4 members (excludes halogenated alkanes) is 3. The van der Waals surface area contributed by atoms with Crippen LogP contribution in [0.4, 0.5) is 0 Å². The van der Waals surface area contributed by atoms with E-state index >= 15 is 0 Å². The van der Waals surface area contributed by atoms with Gasteiger partial charge >= 0.3 is 0 Å². The Morgan fingerprint density at radius 3 is 2.21 bits per heavy atom. The zero-order valence-electron chi connectivity index (χ0n) is 16.9. The van der Waals surface area contributed by atoms with Crippen LogP contribution in [0, 0.1) is 0 Å². The summed E-state index contributed by atoms with van der Waals surface area (Å²) in [5, 5.41) is 4.66. The van der Waals surface area contributed by atoms with Crippen molar-refractivity contribution in [2.75, 3.05) is 19.8 Å². The summed E-state index contributed by atoms with van der Waals surface area (Å²) in [5.41, 5.74) is 0. The number of ether oxygens (including phenoxy) is 3. The Morgan fingerprint density at radius 2 is 1.62 bits per heavy atom. The van der Waals surface area contributed by atoms with Crippen LogP contribution in [0.5, 0.6) is 11.5 Å². The van der Waals surface area contributed by atoms with Crippen LogP contribution in [0.25, 0.3) is 0 Å². The van der Waals surface area contributed by atoms with Crippen molar-refractivity contribution in [2.24, 2.45) is 5.16 Å². The fourth-order valence-electron chi connectivity index (χ4n) is 2.12. The van der Waals surface area contributed by atoms with E-state index in [-0.39, 0.29) is 17.2 Å². The van der Waals surface area contributed by atoms with E-state index in [4.69, 9.17) is 65.5 Å². The molecule has 29 heavy (non-hydrogen) atoms. The summed E-state index contributed by atoms with van der Waals surface area (Å²) < 4.78 is 16.8. The highest BCUT2D eigenvalue weighted by Gasteiger charge is 2.10. The van der Waals surface area contributed by atoms with Gasteiger partial charge in [0.2, 0.25) is 5.90 Å². The quantitative estimate of drug-likeness (QED) is 0.126. The summed E-state index contributed by atoms with van der Waals surface area (Å²) in [6, 6.07) is 3.28. The summed E-state index contributed by atoms with van der Waals surface area (Å²) in [6.07, 6.45) is 5.41. The van der Waals surface area contributed by atoms with Gasteiger partial charge in [-0.15, -0.1) is 0 Å². The van der Waals surface area contributed by atoms with Gasteiger partial charge in [0.05, 0.1) is 23.3 Å². The van der Waals surface area contributed by atoms with Crippen LogP contribution in [-0.4, -0.2) is 31.8 Å². The summed E-state index contributed by atoms with van der Waals surface area (Å²) in [5.74, 6) is 1.50. The Hall–Kier alpha value is -1.01. The second-order valence-electron chi connectivity index (χ2n) is 6.40. The number of oxime groups is 1. The number of benzene rings is 1. The lowest BCUT2D eigenvalue weighted by molar-refractivity contribution is 0.0773. The lowest BCUT2D eigenvalue weighted by Gasteiger charge is -2.12. The third-order valence-electron chi connectivity index (χ3n) is 3.45. The van der Waals surface area contributed by atoms with Gasteiger partial charge in [-0.3, -0.25) is 0 Å². The zero-order chi connectivity index (χ0) is 21.6. The third kappa shape index (κ3) is 12.3. The second-order valence-corrected chi connectivity index (χ2v) is 8.22. The second kappa shape index (κ2) is 14.9. The average Bonchev–Trinajstić information content (AvgIpc) is 2.63. The molecule has 164 valence electrons. The Labute approximate surface area is 192 Å². The molecule has 0 spiro atoms. The smallest absolute Gasteiger partial charge is 0.222 e. The molecule has 0 bridgehead atoms. The first-order chi connectivity index (χ1) is 13.8. The Morgan fingerprint density at radius 1 is 1.00 bits per heavy atom. The molecule has 1 aromatic carbocycles. The Kier molecular flexibility index (Phi) is 13.4. The van der Waals surface area contributed by atoms with Gasteiger partial charge in [0.15, 0.2) is 5.75 Å². The molecule has 0 aromatic heterocycles. The average molecular weight is 487 g/mol. The molecule has 0 amide bonds. The normalized spacial score (nSPS) is 11.4.